The molecule has 3 N–H and O–H groups in total. The predicted octanol–water partition coefficient (Wildman–Crippen LogP) is 1.17. The third-order valence-corrected chi connectivity index (χ3v) is 2.76. The van der Waals surface area contributed by atoms with Gasteiger partial charge in [0.1, 0.15) is 0 Å². The Bertz CT molecular complexity index is 356. The lowest BCUT2D eigenvalue weighted by atomic mass is 10.1. The van der Waals surface area contributed by atoms with E-state index in [0.29, 0.717) is 11.5 Å². The number of rotatable bonds is 2. The highest BCUT2D eigenvalue weighted by molar-refractivity contribution is 9.10. The van der Waals surface area contributed by atoms with Crippen LogP contribution in [-0.2, 0) is 0 Å². The summed E-state index contributed by atoms with van der Waals surface area (Å²) in [7, 11) is 0. The van der Waals surface area contributed by atoms with Crippen molar-refractivity contribution >= 4 is 15.9 Å². The molecule has 0 unspecified atom stereocenters. The molecule has 14 heavy (non-hydrogen) atoms. The Morgan fingerprint density at radius 2 is 2.07 bits per heavy atom. The highest BCUT2D eigenvalue weighted by atomic mass is 79.9. The van der Waals surface area contributed by atoms with E-state index in [1.165, 1.54) is 0 Å². The van der Waals surface area contributed by atoms with Gasteiger partial charge in [0.05, 0.1) is 6.10 Å². The van der Waals surface area contributed by atoms with Crippen LogP contribution in [0.4, 0.5) is 0 Å². The summed E-state index contributed by atoms with van der Waals surface area (Å²) in [5, 5.41) is 9.59. The van der Waals surface area contributed by atoms with Crippen molar-refractivity contribution in [3.05, 3.63) is 22.2 Å². The second-order valence-electron chi connectivity index (χ2n) is 2.98. The van der Waals surface area contributed by atoms with E-state index in [0.717, 1.165) is 10.0 Å². The molecule has 0 aromatic heterocycles. The van der Waals surface area contributed by atoms with Crippen LogP contribution in [0.3, 0.4) is 0 Å². The highest BCUT2D eigenvalue weighted by Gasteiger charge is 2.19. The van der Waals surface area contributed by atoms with Crippen LogP contribution in [0.2, 0.25) is 0 Å². The van der Waals surface area contributed by atoms with Gasteiger partial charge < -0.3 is 20.3 Å². The molecule has 1 atom stereocenters. The fourth-order valence-electron chi connectivity index (χ4n) is 1.32. The summed E-state index contributed by atoms with van der Waals surface area (Å²) >= 11 is 3.34. The van der Waals surface area contributed by atoms with Crippen molar-refractivity contribution in [2.24, 2.45) is 5.73 Å². The first kappa shape index (κ1) is 9.76. The van der Waals surface area contributed by atoms with Crippen molar-refractivity contribution in [1.29, 1.82) is 0 Å². The standard InChI is InChI=1S/C9H10BrNO3/c10-6-2-9-8(13-4-14-9)1-5(6)7(12)3-11/h1-2,7,12H,3-4,11H2/t7-/m0/s1. The van der Waals surface area contributed by atoms with E-state index >= 15 is 0 Å². The van der Waals surface area contributed by atoms with Crippen molar-refractivity contribution < 1.29 is 14.6 Å². The minimum atomic E-state index is -0.682. The average molecular weight is 260 g/mol. The van der Waals surface area contributed by atoms with Crippen LogP contribution in [0.15, 0.2) is 16.6 Å². The summed E-state index contributed by atoms with van der Waals surface area (Å²) in [6.45, 7) is 0.405. The molecule has 1 heterocycles. The summed E-state index contributed by atoms with van der Waals surface area (Å²) in [5.74, 6) is 1.33. The Labute approximate surface area is 89.7 Å². The van der Waals surface area contributed by atoms with Crippen LogP contribution in [0.5, 0.6) is 11.5 Å². The number of ether oxygens (including phenoxy) is 2. The van der Waals surface area contributed by atoms with Crippen molar-refractivity contribution in [2.45, 2.75) is 6.10 Å². The zero-order valence-corrected chi connectivity index (χ0v) is 8.95. The van der Waals surface area contributed by atoms with Crippen molar-refractivity contribution in [1.82, 2.24) is 0 Å². The van der Waals surface area contributed by atoms with Crippen LogP contribution in [0.25, 0.3) is 0 Å². The minimum absolute atomic E-state index is 0.179. The normalized spacial score (nSPS) is 15.6. The van der Waals surface area contributed by atoms with E-state index in [2.05, 4.69) is 15.9 Å². The fourth-order valence-corrected chi connectivity index (χ4v) is 1.90. The summed E-state index contributed by atoms with van der Waals surface area (Å²) in [6, 6.07) is 3.51. The summed E-state index contributed by atoms with van der Waals surface area (Å²) < 4.78 is 11.2. The number of aliphatic hydroxyl groups excluding tert-OH is 1. The summed E-state index contributed by atoms with van der Waals surface area (Å²) in [5.41, 5.74) is 6.09. The molecule has 2 rings (SSSR count). The molecule has 0 bridgehead atoms. The monoisotopic (exact) mass is 259 g/mol. The molecule has 0 radical (unpaired) electrons. The fraction of sp³-hybridized carbons (Fsp3) is 0.333. The number of benzene rings is 1. The molecule has 76 valence electrons. The second-order valence-corrected chi connectivity index (χ2v) is 3.83. The van der Waals surface area contributed by atoms with Crippen molar-refractivity contribution in [3.8, 4) is 11.5 Å². The largest absolute Gasteiger partial charge is 0.454 e. The maximum atomic E-state index is 9.59. The minimum Gasteiger partial charge on any atom is -0.454 e. The number of aliphatic hydroxyl groups is 1. The van der Waals surface area contributed by atoms with Crippen LogP contribution in [0.1, 0.15) is 11.7 Å². The van der Waals surface area contributed by atoms with E-state index in [4.69, 9.17) is 15.2 Å². The summed E-state index contributed by atoms with van der Waals surface area (Å²) in [6.07, 6.45) is -0.682. The second kappa shape index (κ2) is 3.76. The van der Waals surface area contributed by atoms with Gasteiger partial charge >= 0.3 is 0 Å². The van der Waals surface area contributed by atoms with E-state index < -0.39 is 6.10 Å². The number of fused-ring (bicyclic) bond motifs is 1. The van der Waals surface area contributed by atoms with Gasteiger partial charge in [-0.3, -0.25) is 0 Å². The van der Waals surface area contributed by atoms with Gasteiger partial charge in [-0.15, -0.1) is 0 Å². The van der Waals surface area contributed by atoms with Gasteiger partial charge in [-0.2, -0.15) is 0 Å². The molecule has 1 aromatic rings. The van der Waals surface area contributed by atoms with Gasteiger partial charge in [-0.1, -0.05) is 15.9 Å². The Morgan fingerprint density at radius 1 is 1.43 bits per heavy atom. The SMILES string of the molecule is NC[C@H](O)c1cc2c(cc1Br)OCO2. The van der Waals surface area contributed by atoms with Crippen LogP contribution in [0, 0.1) is 0 Å². The van der Waals surface area contributed by atoms with Crippen molar-refractivity contribution in [2.75, 3.05) is 13.3 Å². The van der Waals surface area contributed by atoms with Gasteiger partial charge in [0.2, 0.25) is 6.79 Å². The van der Waals surface area contributed by atoms with Crippen LogP contribution in [-0.4, -0.2) is 18.4 Å². The zero-order chi connectivity index (χ0) is 10.1. The van der Waals surface area contributed by atoms with E-state index in [1.54, 1.807) is 12.1 Å². The topological polar surface area (TPSA) is 64.7 Å². The Kier molecular flexibility index (Phi) is 2.62. The van der Waals surface area contributed by atoms with E-state index in [1.807, 2.05) is 0 Å². The zero-order valence-electron chi connectivity index (χ0n) is 7.37. The van der Waals surface area contributed by atoms with E-state index in [-0.39, 0.29) is 13.3 Å². The first-order chi connectivity index (χ1) is 6.72. The number of hydrogen-bond donors (Lipinski definition) is 2. The third-order valence-electron chi connectivity index (χ3n) is 2.07. The first-order valence-corrected chi connectivity index (χ1v) is 4.99. The van der Waals surface area contributed by atoms with Crippen LogP contribution >= 0.6 is 15.9 Å². The average Bonchev–Trinajstić information content (AvgIpc) is 2.62. The Balaban J connectivity index is 2.42. The van der Waals surface area contributed by atoms with Gasteiger partial charge in [0.25, 0.3) is 0 Å². The number of halogens is 1. The molecule has 1 aliphatic heterocycles. The molecular weight excluding hydrogens is 250 g/mol. The Morgan fingerprint density at radius 3 is 2.71 bits per heavy atom. The van der Waals surface area contributed by atoms with Gasteiger partial charge in [0.15, 0.2) is 11.5 Å². The molecular formula is C9H10BrNO3. The lowest BCUT2D eigenvalue weighted by Gasteiger charge is -2.11. The quantitative estimate of drug-likeness (QED) is 0.837. The summed E-state index contributed by atoms with van der Waals surface area (Å²) in [4.78, 5) is 0. The third kappa shape index (κ3) is 1.58. The smallest absolute Gasteiger partial charge is 0.231 e. The highest BCUT2D eigenvalue weighted by Crippen LogP contribution is 2.38. The first-order valence-electron chi connectivity index (χ1n) is 4.19. The molecule has 0 amide bonds. The molecule has 0 saturated carbocycles. The Hall–Kier alpha value is -0.780. The maximum Gasteiger partial charge on any atom is 0.231 e. The maximum absolute atomic E-state index is 9.59. The molecule has 0 spiro atoms. The molecule has 1 aliphatic rings. The molecule has 4 nitrogen and oxygen atoms in total. The van der Waals surface area contributed by atoms with Crippen molar-refractivity contribution in [3.63, 3.8) is 0 Å². The molecule has 0 fully saturated rings. The molecule has 1 aromatic carbocycles. The van der Waals surface area contributed by atoms with Gasteiger partial charge in [-0.05, 0) is 17.7 Å². The lowest BCUT2D eigenvalue weighted by Crippen LogP contribution is -2.11. The van der Waals surface area contributed by atoms with E-state index in [9.17, 15) is 5.11 Å². The number of nitrogens with two attached hydrogens (primary N) is 1. The molecule has 0 aliphatic carbocycles. The molecule has 0 saturated heterocycles. The lowest BCUT2D eigenvalue weighted by molar-refractivity contribution is 0.172. The van der Waals surface area contributed by atoms with Crippen LogP contribution < -0.4 is 15.2 Å². The van der Waals surface area contributed by atoms with Gasteiger partial charge in [0, 0.05) is 11.0 Å². The van der Waals surface area contributed by atoms with Gasteiger partial charge in [-0.25, -0.2) is 0 Å². The molecule has 5 heteroatoms. The number of hydrogen-bond acceptors (Lipinski definition) is 4. The predicted molar refractivity (Wildman–Crippen MR) is 54.3 cm³/mol.